The van der Waals surface area contributed by atoms with E-state index in [9.17, 15) is 14.4 Å². The molecule has 0 heterocycles. The normalized spacial score (nSPS) is 10.9. The van der Waals surface area contributed by atoms with Crippen LogP contribution in [-0.2, 0) is 18.0 Å². The lowest BCUT2D eigenvalue weighted by Crippen LogP contribution is -2.13. The highest BCUT2D eigenvalue weighted by Crippen LogP contribution is 2.28. The molecule has 0 aliphatic rings. The van der Waals surface area contributed by atoms with Gasteiger partial charge in [-0.1, -0.05) is 41.9 Å². The molecule has 0 saturated heterocycles. The van der Waals surface area contributed by atoms with Crippen molar-refractivity contribution in [1.29, 1.82) is 5.26 Å². The Kier molecular flexibility index (Phi) is 9.17. The van der Waals surface area contributed by atoms with Crippen LogP contribution >= 0.6 is 11.6 Å². The summed E-state index contributed by atoms with van der Waals surface area (Å²) in [6.07, 6.45) is 1.44. The van der Waals surface area contributed by atoms with Crippen molar-refractivity contribution in [2.45, 2.75) is 13.2 Å². The Balaban J connectivity index is 1.44. The van der Waals surface area contributed by atoms with E-state index in [1.165, 1.54) is 25.3 Å². The maximum atomic E-state index is 13.2. The molecule has 0 unspecified atom stereocenters. The minimum Gasteiger partial charge on any atom is -0.497 e. The van der Waals surface area contributed by atoms with Crippen LogP contribution in [0.5, 0.6) is 17.2 Å². The molecule has 0 atom stereocenters. The number of nitrogens with one attached hydrogen (secondary N) is 1. The number of ether oxygens (including phenoxy) is 3. The van der Waals surface area contributed by atoms with E-state index >= 15 is 0 Å². The predicted molar refractivity (Wildman–Crippen MR) is 148 cm³/mol. The van der Waals surface area contributed by atoms with E-state index < -0.39 is 5.91 Å². The first-order valence-electron chi connectivity index (χ1n) is 11.9. The zero-order valence-corrected chi connectivity index (χ0v) is 21.7. The molecule has 0 saturated carbocycles. The third kappa shape index (κ3) is 7.60. The summed E-state index contributed by atoms with van der Waals surface area (Å²) in [5.41, 5.74) is 2.50. The maximum absolute atomic E-state index is 13.2. The zero-order valence-electron chi connectivity index (χ0n) is 21.0. The van der Waals surface area contributed by atoms with Crippen LogP contribution in [0, 0.1) is 17.1 Å². The molecule has 0 radical (unpaired) electrons. The number of carbonyl (C=O) groups excluding carboxylic acids is 1. The summed E-state index contributed by atoms with van der Waals surface area (Å²) in [6, 6.07) is 27.1. The van der Waals surface area contributed by atoms with Gasteiger partial charge in [0.1, 0.15) is 47.9 Å². The molecule has 4 rings (SSSR count). The van der Waals surface area contributed by atoms with Gasteiger partial charge in [0, 0.05) is 27.9 Å². The van der Waals surface area contributed by atoms with Gasteiger partial charge in [0.05, 0.1) is 7.11 Å². The van der Waals surface area contributed by atoms with Gasteiger partial charge in [-0.05, 0) is 66.2 Å². The highest BCUT2D eigenvalue weighted by molar-refractivity contribution is 6.31. The van der Waals surface area contributed by atoms with Gasteiger partial charge in [0.2, 0.25) is 0 Å². The first-order valence-corrected chi connectivity index (χ1v) is 12.3. The molecule has 0 aromatic heterocycles. The highest BCUT2D eigenvalue weighted by atomic mass is 35.5. The maximum Gasteiger partial charge on any atom is 0.266 e. The van der Waals surface area contributed by atoms with E-state index in [1.54, 1.807) is 60.7 Å². The minimum atomic E-state index is -0.581. The predicted octanol–water partition coefficient (Wildman–Crippen LogP) is 7.19. The summed E-state index contributed by atoms with van der Waals surface area (Å²) in [5, 5.41) is 13.0. The molecule has 0 fully saturated rings. The van der Waals surface area contributed by atoms with Crippen molar-refractivity contribution in [2.24, 2.45) is 0 Å². The minimum absolute atomic E-state index is 0.120. The first kappa shape index (κ1) is 27.2. The number of hydrogen-bond acceptors (Lipinski definition) is 5. The lowest BCUT2D eigenvalue weighted by Gasteiger charge is -2.12. The van der Waals surface area contributed by atoms with Gasteiger partial charge in [-0.3, -0.25) is 4.79 Å². The van der Waals surface area contributed by atoms with E-state index in [4.69, 9.17) is 25.8 Å². The zero-order chi connectivity index (χ0) is 27.6. The van der Waals surface area contributed by atoms with Crippen LogP contribution in [-0.4, -0.2) is 13.0 Å². The smallest absolute Gasteiger partial charge is 0.266 e. The van der Waals surface area contributed by atoms with Gasteiger partial charge in [0.15, 0.2) is 0 Å². The summed E-state index contributed by atoms with van der Waals surface area (Å²) in [7, 11) is 1.52. The molecule has 0 bridgehead atoms. The lowest BCUT2D eigenvalue weighted by molar-refractivity contribution is -0.112. The number of hydrogen-bond donors (Lipinski definition) is 1. The second kappa shape index (κ2) is 13.1. The summed E-state index contributed by atoms with van der Waals surface area (Å²) in [6.45, 7) is 0.466. The van der Waals surface area contributed by atoms with E-state index in [0.717, 1.165) is 11.1 Å². The van der Waals surface area contributed by atoms with Crippen LogP contribution < -0.4 is 19.5 Å². The molecule has 0 spiro atoms. The standard InChI is InChI=1S/C31H24ClFN2O4/c1-37-28-13-8-22(30(17-28)39-19-21-6-9-25(33)10-7-21)16-24(18-34)31(36)35-26-11-14-27(15-12-26)38-20-23-4-2-3-5-29(23)32/h2-17H,19-20H2,1H3,(H,35,36)/b24-16+. The van der Waals surface area contributed by atoms with Crippen molar-refractivity contribution >= 4 is 29.3 Å². The highest BCUT2D eigenvalue weighted by Gasteiger charge is 2.13. The van der Waals surface area contributed by atoms with Crippen LogP contribution in [0.15, 0.2) is 96.6 Å². The molecule has 4 aromatic carbocycles. The Hall–Kier alpha value is -4.80. The number of anilines is 1. The van der Waals surface area contributed by atoms with Gasteiger partial charge in [-0.25, -0.2) is 4.39 Å². The SMILES string of the molecule is COc1ccc(/C=C(\C#N)C(=O)Nc2ccc(OCc3ccccc3Cl)cc2)c(OCc2ccc(F)cc2)c1. The lowest BCUT2D eigenvalue weighted by atomic mass is 10.1. The molecule has 4 aromatic rings. The van der Waals surface area contributed by atoms with Gasteiger partial charge in [0.25, 0.3) is 5.91 Å². The Bertz CT molecular complexity index is 1510. The third-order valence-electron chi connectivity index (χ3n) is 5.66. The quantitative estimate of drug-likeness (QED) is 0.169. The van der Waals surface area contributed by atoms with Crippen molar-refractivity contribution in [2.75, 3.05) is 12.4 Å². The molecule has 196 valence electrons. The van der Waals surface area contributed by atoms with Gasteiger partial charge < -0.3 is 19.5 Å². The molecular weight excluding hydrogens is 519 g/mol. The van der Waals surface area contributed by atoms with Crippen LogP contribution in [0.25, 0.3) is 6.08 Å². The number of methoxy groups -OCH3 is 1. The molecule has 8 heteroatoms. The van der Waals surface area contributed by atoms with E-state index in [1.807, 2.05) is 24.3 Å². The molecule has 0 aliphatic heterocycles. The third-order valence-corrected chi connectivity index (χ3v) is 6.03. The monoisotopic (exact) mass is 542 g/mol. The molecule has 1 N–H and O–H groups in total. The fraction of sp³-hybridized carbons (Fsp3) is 0.0968. The Morgan fingerprint density at radius 1 is 0.949 bits per heavy atom. The summed E-state index contributed by atoms with van der Waals surface area (Å²) >= 11 is 6.16. The largest absolute Gasteiger partial charge is 0.497 e. The van der Waals surface area contributed by atoms with E-state index in [0.29, 0.717) is 40.1 Å². The molecule has 6 nitrogen and oxygen atoms in total. The van der Waals surface area contributed by atoms with Gasteiger partial charge in [-0.2, -0.15) is 5.26 Å². The van der Waals surface area contributed by atoms with Crippen LogP contribution in [0.1, 0.15) is 16.7 Å². The fourth-order valence-corrected chi connectivity index (χ4v) is 3.73. The van der Waals surface area contributed by atoms with Crippen molar-refractivity contribution < 1.29 is 23.4 Å². The van der Waals surface area contributed by atoms with Gasteiger partial charge in [-0.15, -0.1) is 0 Å². The Morgan fingerprint density at radius 3 is 2.36 bits per heavy atom. The molecule has 1 amide bonds. The second-order valence-corrected chi connectivity index (χ2v) is 8.75. The average Bonchev–Trinajstić information content (AvgIpc) is 2.96. The van der Waals surface area contributed by atoms with Crippen LogP contribution in [0.4, 0.5) is 10.1 Å². The Labute approximate surface area is 230 Å². The van der Waals surface area contributed by atoms with Crippen molar-refractivity contribution in [1.82, 2.24) is 0 Å². The summed E-state index contributed by atoms with van der Waals surface area (Å²) < 4.78 is 30.2. The van der Waals surface area contributed by atoms with Crippen LogP contribution in [0.3, 0.4) is 0 Å². The first-order chi connectivity index (χ1) is 18.9. The van der Waals surface area contributed by atoms with Crippen molar-refractivity contribution in [3.05, 3.63) is 124 Å². The van der Waals surface area contributed by atoms with Crippen LogP contribution in [0.2, 0.25) is 5.02 Å². The van der Waals surface area contributed by atoms with E-state index in [-0.39, 0.29) is 18.0 Å². The topological polar surface area (TPSA) is 80.6 Å². The number of benzene rings is 4. The summed E-state index contributed by atoms with van der Waals surface area (Å²) in [4.78, 5) is 12.9. The molecular formula is C31H24ClFN2O4. The summed E-state index contributed by atoms with van der Waals surface area (Å²) in [5.74, 6) is 0.626. The number of nitrogens with zero attached hydrogens (tertiary/aromatic N) is 1. The van der Waals surface area contributed by atoms with Gasteiger partial charge >= 0.3 is 0 Å². The average molecular weight is 543 g/mol. The van der Waals surface area contributed by atoms with Crippen molar-refractivity contribution in [3.8, 4) is 23.3 Å². The van der Waals surface area contributed by atoms with Crippen molar-refractivity contribution in [3.63, 3.8) is 0 Å². The Morgan fingerprint density at radius 2 is 1.67 bits per heavy atom. The fourth-order valence-electron chi connectivity index (χ4n) is 3.54. The number of carbonyl (C=O) groups is 1. The number of halogens is 2. The number of amides is 1. The number of nitriles is 1. The van der Waals surface area contributed by atoms with E-state index in [2.05, 4.69) is 5.32 Å². The second-order valence-electron chi connectivity index (χ2n) is 8.35. The molecule has 0 aliphatic carbocycles. The molecule has 39 heavy (non-hydrogen) atoms. The number of rotatable bonds is 10.